The molecule has 1 aliphatic carbocycles. The Morgan fingerprint density at radius 2 is 2.00 bits per heavy atom. The van der Waals surface area contributed by atoms with Crippen LogP contribution in [0.1, 0.15) is 33.6 Å². The zero-order chi connectivity index (χ0) is 21.8. The predicted octanol–water partition coefficient (Wildman–Crippen LogP) is 4.20. The SMILES string of the molecule is COC(=O)c1c(NC(=O)CSc2nnc(-c3ccccc3OC)o2)sc2c1CCCC2. The van der Waals surface area contributed by atoms with Crippen molar-refractivity contribution < 1.29 is 23.5 Å². The molecule has 0 unspecified atom stereocenters. The molecule has 0 saturated carbocycles. The fourth-order valence-corrected chi connectivity index (χ4v) is 5.32. The third-order valence-electron chi connectivity index (χ3n) is 4.88. The predicted molar refractivity (Wildman–Crippen MR) is 118 cm³/mol. The van der Waals surface area contributed by atoms with E-state index in [4.69, 9.17) is 13.9 Å². The van der Waals surface area contributed by atoms with Crippen molar-refractivity contribution >= 4 is 40.0 Å². The van der Waals surface area contributed by atoms with E-state index in [2.05, 4.69) is 15.5 Å². The number of carbonyl (C=O) groups is 2. The average Bonchev–Trinajstić information content (AvgIpc) is 3.41. The Kier molecular flexibility index (Phi) is 6.57. The Hall–Kier alpha value is -2.85. The normalized spacial score (nSPS) is 12.8. The maximum absolute atomic E-state index is 12.6. The number of amides is 1. The summed E-state index contributed by atoms with van der Waals surface area (Å²) in [5, 5.41) is 11.7. The van der Waals surface area contributed by atoms with E-state index in [0.29, 0.717) is 27.8 Å². The van der Waals surface area contributed by atoms with Gasteiger partial charge in [-0.3, -0.25) is 4.79 Å². The van der Waals surface area contributed by atoms with Crippen molar-refractivity contribution in [1.29, 1.82) is 0 Å². The van der Waals surface area contributed by atoms with Gasteiger partial charge in [0.05, 0.1) is 31.1 Å². The molecule has 1 aromatic carbocycles. The third kappa shape index (κ3) is 4.59. The van der Waals surface area contributed by atoms with Crippen molar-refractivity contribution in [2.24, 2.45) is 0 Å². The number of benzene rings is 1. The van der Waals surface area contributed by atoms with E-state index >= 15 is 0 Å². The van der Waals surface area contributed by atoms with Gasteiger partial charge in [-0.2, -0.15) is 0 Å². The molecule has 162 valence electrons. The lowest BCUT2D eigenvalue weighted by molar-refractivity contribution is -0.113. The minimum absolute atomic E-state index is 0.0662. The van der Waals surface area contributed by atoms with E-state index in [1.165, 1.54) is 18.4 Å². The van der Waals surface area contributed by atoms with Crippen LogP contribution in [0.3, 0.4) is 0 Å². The fourth-order valence-electron chi connectivity index (χ4n) is 3.46. The maximum Gasteiger partial charge on any atom is 0.341 e. The van der Waals surface area contributed by atoms with Crippen LogP contribution in [0.4, 0.5) is 5.00 Å². The fraction of sp³-hybridized carbons (Fsp3) is 0.333. The number of para-hydroxylation sites is 1. The molecule has 2 aromatic heterocycles. The summed E-state index contributed by atoms with van der Waals surface area (Å²) in [5.41, 5.74) is 2.17. The van der Waals surface area contributed by atoms with E-state index in [-0.39, 0.29) is 16.9 Å². The number of anilines is 1. The molecule has 1 aliphatic rings. The standard InChI is InChI=1S/C21H21N3O5S2/c1-27-14-9-5-3-7-12(14)18-23-24-21(29-18)30-11-16(25)22-19-17(20(26)28-2)13-8-4-6-10-15(13)31-19/h3,5,7,9H,4,6,8,10-11H2,1-2H3,(H,22,25). The molecule has 1 N–H and O–H groups in total. The first-order valence-corrected chi connectivity index (χ1v) is 11.5. The molecule has 0 fully saturated rings. The maximum atomic E-state index is 12.6. The van der Waals surface area contributed by atoms with Gasteiger partial charge in [-0.15, -0.1) is 21.5 Å². The summed E-state index contributed by atoms with van der Waals surface area (Å²) < 4.78 is 15.9. The van der Waals surface area contributed by atoms with E-state index in [1.807, 2.05) is 18.2 Å². The number of methoxy groups -OCH3 is 2. The minimum atomic E-state index is -0.416. The van der Waals surface area contributed by atoms with Gasteiger partial charge in [-0.1, -0.05) is 23.9 Å². The largest absolute Gasteiger partial charge is 0.496 e. The summed E-state index contributed by atoms with van der Waals surface area (Å²) in [6, 6.07) is 7.32. The number of thiophene rings is 1. The second-order valence-corrected chi connectivity index (χ2v) is 8.85. The van der Waals surface area contributed by atoms with Crippen molar-refractivity contribution in [3.05, 3.63) is 40.3 Å². The van der Waals surface area contributed by atoms with E-state index < -0.39 is 5.97 Å². The van der Waals surface area contributed by atoms with Crippen molar-refractivity contribution in [3.63, 3.8) is 0 Å². The summed E-state index contributed by atoms with van der Waals surface area (Å²) in [7, 11) is 2.92. The second kappa shape index (κ2) is 9.52. The van der Waals surface area contributed by atoms with E-state index in [0.717, 1.165) is 47.9 Å². The Balaban J connectivity index is 1.43. The minimum Gasteiger partial charge on any atom is -0.496 e. The van der Waals surface area contributed by atoms with Crippen LogP contribution in [-0.2, 0) is 22.4 Å². The van der Waals surface area contributed by atoms with Gasteiger partial charge in [0.15, 0.2) is 0 Å². The highest BCUT2D eigenvalue weighted by Gasteiger charge is 2.27. The van der Waals surface area contributed by atoms with Gasteiger partial charge in [-0.05, 0) is 43.4 Å². The molecule has 1 amide bonds. The van der Waals surface area contributed by atoms with E-state index in [9.17, 15) is 9.59 Å². The molecule has 2 heterocycles. The van der Waals surface area contributed by atoms with Crippen molar-refractivity contribution in [3.8, 4) is 17.2 Å². The van der Waals surface area contributed by atoms with Gasteiger partial charge in [0.1, 0.15) is 10.8 Å². The number of aryl methyl sites for hydroxylation is 1. The number of carbonyl (C=O) groups excluding carboxylic acids is 2. The van der Waals surface area contributed by atoms with Gasteiger partial charge >= 0.3 is 5.97 Å². The molecule has 31 heavy (non-hydrogen) atoms. The Labute approximate surface area is 187 Å². The molecule has 0 bridgehead atoms. The molecule has 0 atom stereocenters. The number of rotatable bonds is 7. The van der Waals surface area contributed by atoms with Crippen LogP contribution in [0.15, 0.2) is 33.9 Å². The van der Waals surface area contributed by atoms with Gasteiger partial charge in [0.25, 0.3) is 11.1 Å². The number of nitrogens with one attached hydrogen (secondary N) is 1. The first kappa shape index (κ1) is 21.4. The Bertz CT molecular complexity index is 1110. The van der Waals surface area contributed by atoms with Crippen LogP contribution in [0.25, 0.3) is 11.5 Å². The van der Waals surface area contributed by atoms with Crippen LogP contribution >= 0.6 is 23.1 Å². The zero-order valence-electron chi connectivity index (χ0n) is 17.1. The number of aromatic nitrogens is 2. The van der Waals surface area contributed by atoms with Gasteiger partial charge in [-0.25, -0.2) is 4.79 Å². The molecule has 10 heteroatoms. The number of esters is 1. The topological polar surface area (TPSA) is 104 Å². The smallest absolute Gasteiger partial charge is 0.341 e. The van der Waals surface area contributed by atoms with E-state index in [1.54, 1.807) is 13.2 Å². The third-order valence-corrected chi connectivity index (χ3v) is 6.91. The summed E-state index contributed by atoms with van der Waals surface area (Å²) in [6.45, 7) is 0. The number of hydrogen-bond donors (Lipinski definition) is 1. The summed E-state index contributed by atoms with van der Waals surface area (Å²) in [4.78, 5) is 26.0. The quantitative estimate of drug-likeness (QED) is 0.414. The lowest BCUT2D eigenvalue weighted by atomic mass is 9.95. The molecule has 0 spiro atoms. The number of hydrogen-bond acceptors (Lipinski definition) is 9. The van der Waals surface area contributed by atoms with Gasteiger partial charge in [0, 0.05) is 4.88 Å². The van der Waals surface area contributed by atoms with Crippen molar-refractivity contribution in [2.75, 3.05) is 25.3 Å². The number of ether oxygens (including phenoxy) is 2. The lowest BCUT2D eigenvalue weighted by Gasteiger charge is -2.11. The summed E-state index contributed by atoms with van der Waals surface area (Å²) >= 11 is 2.58. The number of nitrogens with zero attached hydrogens (tertiary/aromatic N) is 2. The summed E-state index contributed by atoms with van der Waals surface area (Å²) in [5.74, 6) is 0.333. The molecular weight excluding hydrogens is 438 g/mol. The van der Waals surface area contributed by atoms with Crippen LogP contribution in [-0.4, -0.2) is 42.0 Å². The highest BCUT2D eigenvalue weighted by Crippen LogP contribution is 2.38. The molecule has 3 aromatic rings. The monoisotopic (exact) mass is 459 g/mol. The van der Waals surface area contributed by atoms with Crippen molar-refractivity contribution in [2.45, 2.75) is 30.9 Å². The average molecular weight is 460 g/mol. The molecule has 0 saturated heterocycles. The second-order valence-electron chi connectivity index (χ2n) is 6.82. The molecule has 4 rings (SSSR count). The highest BCUT2D eigenvalue weighted by molar-refractivity contribution is 7.99. The van der Waals surface area contributed by atoms with Crippen LogP contribution < -0.4 is 10.1 Å². The van der Waals surface area contributed by atoms with Gasteiger partial charge in [0.2, 0.25) is 5.91 Å². The summed E-state index contributed by atoms with van der Waals surface area (Å²) in [6.07, 6.45) is 3.86. The first-order valence-electron chi connectivity index (χ1n) is 9.73. The van der Waals surface area contributed by atoms with Crippen molar-refractivity contribution in [1.82, 2.24) is 10.2 Å². The molecule has 8 nitrogen and oxygen atoms in total. The Morgan fingerprint density at radius 1 is 1.19 bits per heavy atom. The first-order chi connectivity index (χ1) is 15.1. The lowest BCUT2D eigenvalue weighted by Crippen LogP contribution is -2.16. The Morgan fingerprint density at radius 3 is 2.81 bits per heavy atom. The zero-order valence-corrected chi connectivity index (χ0v) is 18.7. The molecule has 0 radical (unpaired) electrons. The highest BCUT2D eigenvalue weighted by atomic mass is 32.2. The van der Waals surface area contributed by atoms with Crippen LogP contribution in [0.5, 0.6) is 5.75 Å². The van der Waals surface area contributed by atoms with Crippen LogP contribution in [0.2, 0.25) is 0 Å². The number of fused-ring (bicyclic) bond motifs is 1. The van der Waals surface area contributed by atoms with Crippen LogP contribution in [0, 0.1) is 0 Å². The molecular formula is C21H21N3O5S2. The molecule has 0 aliphatic heterocycles. The van der Waals surface area contributed by atoms with Gasteiger partial charge < -0.3 is 19.2 Å². The number of thioether (sulfide) groups is 1.